The Hall–Kier alpha value is -2.91. The third kappa shape index (κ3) is 4.55. The van der Waals surface area contributed by atoms with Crippen LogP contribution in [0.2, 0.25) is 0 Å². The summed E-state index contributed by atoms with van der Waals surface area (Å²) in [6.45, 7) is 0. The number of hydrogen-bond donors (Lipinski definition) is 5. The van der Waals surface area contributed by atoms with Gasteiger partial charge in [-0.25, -0.2) is 4.79 Å². The lowest BCUT2D eigenvalue weighted by atomic mass is 9.90. The van der Waals surface area contributed by atoms with E-state index in [1.54, 1.807) is 0 Å². The normalized spacial score (nSPS) is 13.0. The van der Waals surface area contributed by atoms with Gasteiger partial charge in [-0.05, 0) is 18.1 Å². The zero-order chi connectivity index (χ0) is 18.6. The molecule has 0 saturated carbocycles. The lowest BCUT2D eigenvalue weighted by Crippen LogP contribution is -2.32. The molecule has 2 rings (SSSR count). The predicted octanol–water partition coefficient (Wildman–Crippen LogP) is 1.27. The Morgan fingerprint density at radius 3 is 2.32 bits per heavy atom. The minimum absolute atomic E-state index is 0.114. The van der Waals surface area contributed by atoms with E-state index in [1.165, 1.54) is 6.07 Å². The molecule has 0 saturated heterocycles. The number of amides is 3. The largest absolute Gasteiger partial charge is 0.480 e. The van der Waals surface area contributed by atoms with Crippen molar-refractivity contribution in [2.45, 2.75) is 18.4 Å². The van der Waals surface area contributed by atoms with Crippen molar-refractivity contribution < 1.29 is 19.5 Å². The molecule has 0 aliphatic carbocycles. The van der Waals surface area contributed by atoms with E-state index in [2.05, 4.69) is 5.32 Å². The first-order valence-electron chi connectivity index (χ1n) is 7.33. The molecular weight excluding hydrogens is 344 g/mol. The fourth-order valence-electron chi connectivity index (χ4n) is 2.43. The highest BCUT2D eigenvalue weighted by molar-refractivity contribution is 7.16. The summed E-state index contributed by atoms with van der Waals surface area (Å²) in [6.07, 6.45) is 0.119. The predicted molar refractivity (Wildman–Crippen MR) is 94.6 cm³/mol. The van der Waals surface area contributed by atoms with Crippen LogP contribution < -0.4 is 22.5 Å². The average Bonchev–Trinajstić information content (AvgIpc) is 2.96. The van der Waals surface area contributed by atoms with Crippen molar-refractivity contribution in [1.82, 2.24) is 0 Å². The van der Waals surface area contributed by atoms with E-state index < -0.39 is 23.9 Å². The van der Waals surface area contributed by atoms with Crippen molar-refractivity contribution in [2.24, 2.45) is 17.2 Å². The Labute approximate surface area is 147 Å². The van der Waals surface area contributed by atoms with E-state index in [1.807, 2.05) is 30.3 Å². The van der Waals surface area contributed by atoms with E-state index in [0.717, 1.165) is 16.9 Å². The number of carboxylic acids is 1. The van der Waals surface area contributed by atoms with Crippen LogP contribution in [0.4, 0.5) is 9.80 Å². The minimum atomic E-state index is -1.12. The van der Waals surface area contributed by atoms with Crippen LogP contribution in [0.3, 0.4) is 0 Å². The number of primary amides is 2. The topological polar surface area (TPSA) is 162 Å². The van der Waals surface area contributed by atoms with Gasteiger partial charge in [0.2, 0.25) is 0 Å². The number of thiophene rings is 1. The summed E-state index contributed by atoms with van der Waals surface area (Å²) in [6, 6.07) is 8.77. The SMILES string of the molecule is NC(=O)Nc1sc(C(C[C@H](N)C(=O)O)c2ccccc2)cc1C(N)=O. The molecule has 0 radical (unpaired) electrons. The molecule has 8 nitrogen and oxygen atoms in total. The Morgan fingerprint density at radius 1 is 1.16 bits per heavy atom. The molecule has 0 fully saturated rings. The fraction of sp³-hybridized carbons (Fsp3) is 0.188. The molecule has 0 aliphatic heterocycles. The van der Waals surface area contributed by atoms with Crippen molar-refractivity contribution in [3.8, 4) is 0 Å². The summed E-state index contributed by atoms with van der Waals surface area (Å²) in [5, 5.41) is 11.7. The Bertz CT molecular complexity index is 791. The van der Waals surface area contributed by atoms with Crippen molar-refractivity contribution in [3.63, 3.8) is 0 Å². The fourth-order valence-corrected chi connectivity index (χ4v) is 3.63. The third-order valence-corrected chi connectivity index (χ3v) is 4.77. The molecule has 2 aromatic rings. The Kier molecular flexibility index (Phi) is 5.73. The quantitative estimate of drug-likeness (QED) is 0.500. The summed E-state index contributed by atoms with van der Waals surface area (Å²) in [7, 11) is 0. The van der Waals surface area contributed by atoms with Gasteiger partial charge in [0.25, 0.3) is 5.91 Å². The summed E-state index contributed by atoms with van der Waals surface area (Å²) in [5.74, 6) is -2.22. The number of carboxylic acid groups (broad SMARTS) is 1. The third-order valence-electron chi connectivity index (χ3n) is 3.61. The summed E-state index contributed by atoms with van der Waals surface area (Å²) in [5.41, 5.74) is 17.1. The molecule has 1 aromatic carbocycles. The maximum atomic E-state index is 11.6. The molecule has 0 aliphatic rings. The highest BCUT2D eigenvalue weighted by Gasteiger charge is 2.26. The van der Waals surface area contributed by atoms with Gasteiger partial charge in [-0.3, -0.25) is 14.9 Å². The van der Waals surface area contributed by atoms with Gasteiger partial charge >= 0.3 is 12.0 Å². The standard InChI is InChI=1S/C16H18N4O4S/c17-11(15(22)23)6-9(8-4-2-1-3-5-8)12-7-10(13(18)21)14(25-12)20-16(19)24/h1-5,7,9,11H,6,17H2,(H2,18,21)(H,22,23)(H3,19,20,24)/t9?,11-/m0/s1. The summed E-state index contributed by atoms with van der Waals surface area (Å²) < 4.78 is 0. The van der Waals surface area contributed by atoms with Crippen LogP contribution in [-0.2, 0) is 4.79 Å². The monoisotopic (exact) mass is 362 g/mol. The van der Waals surface area contributed by atoms with Crippen molar-refractivity contribution >= 4 is 34.2 Å². The molecule has 2 atom stereocenters. The summed E-state index contributed by atoms with van der Waals surface area (Å²) in [4.78, 5) is 34.6. The number of aliphatic carboxylic acids is 1. The maximum absolute atomic E-state index is 11.6. The highest BCUT2D eigenvalue weighted by Crippen LogP contribution is 2.38. The number of nitrogens with two attached hydrogens (primary N) is 3. The molecular formula is C16H18N4O4S. The lowest BCUT2D eigenvalue weighted by Gasteiger charge is -2.18. The molecule has 0 bridgehead atoms. The number of carbonyl (C=O) groups excluding carboxylic acids is 2. The molecule has 0 spiro atoms. The van der Waals surface area contributed by atoms with Gasteiger partial charge < -0.3 is 22.3 Å². The van der Waals surface area contributed by atoms with E-state index >= 15 is 0 Å². The molecule has 1 heterocycles. The van der Waals surface area contributed by atoms with E-state index in [9.17, 15) is 14.4 Å². The smallest absolute Gasteiger partial charge is 0.320 e. The van der Waals surface area contributed by atoms with Crippen LogP contribution in [0.15, 0.2) is 36.4 Å². The molecule has 8 N–H and O–H groups in total. The number of carbonyl (C=O) groups is 3. The Morgan fingerprint density at radius 2 is 1.80 bits per heavy atom. The Balaban J connectivity index is 2.48. The lowest BCUT2D eigenvalue weighted by molar-refractivity contribution is -0.138. The second-order valence-electron chi connectivity index (χ2n) is 5.39. The van der Waals surface area contributed by atoms with Crippen molar-refractivity contribution in [3.05, 3.63) is 52.4 Å². The van der Waals surface area contributed by atoms with Crippen LogP contribution in [0.1, 0.15) is 33.1 Å². The second kappa shape index (κ2) is 7.77. The van der Waals surface area contributed by atoms with Crippen LogP contribution >= 0.6 is 11.3 Å². The number of benzene rings is 1. The second-order valence-corrected chi connectivity index (χ2v) is 6.47. The van der Waals surface area contributed by atoms with Crippen LogP contribution in [0.25, 0.3) is 0 Å². The minimum Gasteiger partial charge on any atom is -0.480 e. The van der Waals surface area contributed by atoms with E-state index in [-0.39, 0.29) is 22.9 Å². The van der Waals surface area contributed by atoms with Crippen molar-refractivity contribution in [2.75, 3.05) is 5.32 Å². The maximum Gasteiger partial charge on any atom is 0.320 e. The number of rotatable bonds is 7. The zero-order valence-electron chi connectivity index (χ0n) is 13.1. The van der Waals surface area contributed by atoms with Gasteiger partial charge in [0.1, 0.15) is 11.0 Å². The molecule has 9 heteroatoms. The van der Waals surface area contributed by atoms with Crippen LogP contribution in [0, 0.1) is 0 Å². The number of hydrogen-bond acceptors (Lipinski definition) is 5. The first-order chi connectivity index (χ1) is 11.8. The first-order valence-corrected chi connectivity index (χ1v) is 8.14. The van der Waals surface area contributed by atoms with Gasteiger partial charge in [-0.2, -0.15) is 0 Å². The summed E-state index contributed by atoms with van der Waals surface area (Å²) >= 11 is 1.11. The molecule has 3 amide bonds. The van der Waals surface area contributed by atoms with E-state index in [4.69, 9.17) is 22.3 Å². The van der Waals surface area contributed by atoms with Gasteiger partial charge in [0.05, 0.1) is 5.56 Å². The van der Waals surface area contributed by atoms with Crippen LogP contribution in [-0.4, -0.2) is 29.1 Å². The van der Waals surface area contributed by atoms with Gasteiger partial charge in [-0.15, -0.1) is 11.3 Å². The molecule has 1 unspecified atom stereocenters. The average molecular weight is 362 g/mol. The number of anilines is 1. The van der Waals surface area contributed by atoms with E-state index in [0.29, 0.717) is 4.88 Å². The highest BCUT2D eigenvalue weighted by atomic mass is 32.1. The van der Waals surface area contributed by atoms with Gasteiger partial charge in [-0.1, -0.05) is 30.3 Å². The number of nitrogens with one attached hydrogen (secondary N) is 1. The first kappa shape index (κ1) is 18.4. The van der Waals surface area contributed by atoms with Gasteiger partial charge in [0, 0.05) is 10.8 Å². The van der Waals surface area contributed by atoms with Gasteiger partial charge in [0.15, 0.2) is 0 Å². The molecule has 25 heavy (non-hydrogen) atoms. The van der Waals surface area contributed by atoms with Crippen LogP contribution in [0.5, 0.6) is 0 Å². The van der Waals surface area contributed by atoms with Crippen molar-refractivity contribution in [1.29, 1.82) is 0 Å². The molecule has 1 aromatic heterocycles. The number of urea groups is 1. The molecule has 132 valence electrons. The zero-order valence-corrected chi connectivity index (χ0v) is 14.0.